The van der Waals surface area contributed by atoms with Gasteiger partial charge < -0.3 is 4.74 Å². The minimum atomic E-state index is 0.411. The molecule has 0 amide bonds. The van der Waals surface area contributed by atoms with E-state index in [1.54, 1.807) is 7.05 Å². The third kappa shape index (κ3) is 3.26. The zero-order valence-corrected chi connectivity index (χ0v) is 12.8. The maximum atomic E-state index is 9.74. The second-order valence-electron chi connectivity index (χ2n) is 4.84. The van der Waals surface area contributed by atoms with E-state index in [4.69, 9.17) is 4.74 Å². The Kier molecular flexibility index (Phi) is 4.57. The molecular weight excluding hydrogens is 270 g/mol. The van der Waals surface area contributed by atoms with E-state index in [9.17, 15) is 5.21 Å². The van der Waals surface area contributed by atoms with Gasteiger partial charge in [-0.3, -0.25) is 10.3 Å². The van der Waals surface area contributed by atoms with Crippen molar-refractivity contribution in [2.24, 2.45) is 0 Å². The summed E-state index contributed by atoms with van der Waals surface area (Å²) in [4.78, 5) is 0.918. The van der Waals surface area contributed by atoms with Crippen molar-refractivity contribution in [3.8, 4) is 5.75 Å². The minimum Gasteiger partial charge on any atom is -0.489 e. The number of hydroxylamine groups is 1. The molecule has 0 unspecified atom stereocenters. The van der Waals surface area contributed by atoms with Gasteiger partial charge in [0.2, 0.25) is 0 Å². The van der Waals surface area contributed by atoms with E-state index < -0.39 is 0 Å². The van der Waals surface area contributed by atoms with E-state index >= 15 is 0 Å². The van der Waals surface area contributed by atoms with Gasteiger partial charge in [-0.05, 0) is 43.2 Å². The van der Waals surface area contributed by atoms with Gasteiger partial charge in [-0.1, -0.05) is 18.2 Å². The van der Waals surface area contributed by atoms with Crippen molar-refractivity contribution in [1.82, 2.24) is 0 Å². The predicted molar refractivity (Wildman–Crippen MR) is 84.1 cm³/mol. The molecule has 3 nitrogen and oxygen atoms in total. The first-order valence-corrected chi connectivity index (χ1v) is 6.87. The van der Waals surface area contributed by atoms with E-state index in [0.717, 1.165) is 38.1 Å². The Labute approximate surface area is 125 Å². The zero-order valence-electron chi connectivity index (χ0n) is 11.9. The molecule has 0 aliphatic rings. The van der Waals surface area contributed by atoms with Crippen LogP contribution in [-0.4, -0.2) is 12.3 Å². The highest BCUT2D eigenvalue weighted by molar-refractivity contribution is 7.80. The lowest BCUT2D eigenvalue weighted by molar-refractivity contribution is 0.270. The van der Waals surface area contributed by atoms with E-state index in [0.29, 0.717) is 6.61 Å². The fourth-order valence-electron chi connectivity index (χ4n) is 2.25. The van der Waals surface area contributed by atoms with Crippen LogP contribution in [0.4, 0.5) is 5.69 Å². The van der Waals surface area contributed by atoms with Crippen LogP contribution in [0.2, 0.25) is 0 Å². The molecule has 0 heterocycles. The van der Waals surface area contributed by atoms with Crippen LogP contribution in [0.5, 0.6) is 5.75 Å². The molecule has 4 heteroatoms. The molecule has 2 aromatic carbocycles. The summed E-state index contributed by atoms with van der Waals surface area (Å²) in [5.41, 5.74) is 3.79. The second-order valence-corrected chi connectivity index (χ2v) is 5.36. The van der Waals surface area contributed by atoms with Gasteiger partial charge in [-0.25, -0.2) is 0 Å². The first-order valence-electron chi connectivity index (χ1n) is 6.42. The number of aryl methyl sites for hydroxylation is 2. The van der Waals surface area contributed by atoms with Gasteiger partial charge in [0.05, 0.1) is 5.69 Å². The number of para-hydroxylation sites is 1. The number of hydrogen-bond donors (Lipinski definition) is 2. The van der Waals surface area contributed by atoms with Crippen molar-refractivity contribution in [3.63, 3.8) is 0 Å². The molecule has 0 radical (unpaired) electrons. The SMILES string of the molecule is Cc1cc(S)ccc1OCc1cccc(C)c1N(C)O. The molecule has 1 N–H and O–H groups in total. The van der Waals surface area contributed by atoms with Crippen LogP contribution < -0.4 is 9.80 Å². The first-order chi connectivity index (χ1) is 9.49. The Balaban J connectivity index is 2.21. The fraction of sp³-hybridized carbons (Fsp3) is 0.250. The van der Waals surface area contributed by atoms with Gasteiger partial charge >= 0.3 is 0 Å². The maximum Gasteiger partial charge on any atom is 0.122 e. The lowest BCUT2D eigenvalue weighted by Gasteiger charge is -2.19. The van der Waals surface area contributed by atoms with Crippen molar-refractivity contribution in [3.05, 3.63) is 53.1 Å². The van der Waals surface area contributed by atoms with Crippen LogP contribution in [0.3, 0.4) is 0 Å². The topological polar surface area (TPSA) is 32.7 Å². The van der Waals surface area contributed by atoms with Gasteiger partial charge in [0.15, 0.2) is 0 Å². The van der Waals surface area contributed by atoms with Crippen molar-refractivity contribution in [1.29, 1.82) is 0 Å². The third-order valence-electron chi connectivity index (χ3n) is 3.19. The van der Waals surface area contributed by atoms with Crippen LogP contribution in [0.25, 0.3) is 0 Å². The van der Waals surface area contributed by atoms with Crippen molar-refractivity contribution in [2.75, 3.05) is 12.1 Å². The standard InChI is InChI=1S/C16H19NO2S/c1-11-5-4-6-13(16(11)17(3)18)10-19-15-8-7-14(20)9-12(15)2/h4-9,18,20H,10H2,1-3H3. The van der Waals surface area contributed by atoms with Crippen molar-refractivity contribution < 1.29 is 9.94 Å². The second kappa shape index (κ2) is 6.20. The molecular formula is C16H19NO2S. The number of ether oxygens (including phenoxy) is 1. The van der Waals surface area contributed by atoms with E-state index in [1.165, 1.54) is 0 Å². The molecule has 20 heavy (non-hydrogen) atoms. The molecule has 0 saturated heterocycles. The first kappa shape index (κ1) is 14.8. The normalized spacial score (nSPS) is 10.4. The van der Waals surface area contributed by atoms with E-state index in [1.807, 2.05) is 50.2 Å². The Morgan fingerprint density at radius 1 is 1.15 bits per heavy atom. The van der Waals surface area contributed by atoms with Gasteiger partial charge in [-0.15, -0.1) is 12.6 Å². The van der Waals surface area contributed by atoms with Gasteiger partial charge in [0, 0.05) is 17.5 Å². The average Bonchev–Trinajstić information content (AvgIpc) is 2.37. The largest absolute Gasteiger partial charge is 0.489 e. The average molecular weight is 289 g/mol. The number of hydrogen-bond acceptors (Lipinski definition) is 4. The van der Waals surface area contributed by atoms with E-state index in [2.05, 4.69) is 12.6 Å². The van der Waals surface area contributed by atoms with Crippen LogP contribution >= 0.6 is 12.6 Å². The van der Waals surface area contributed by atoms with Gasteiger partial charge in [0.1, 0.15) is 12.4 Å². The molecule has 0 aliphatic heterocycles. The Morgan fingerprint density at radius 2 is 1.90 bits per heavy atom. The molecule has 0 fully saturated rings. The highest BCUT2D eigenvalue weighted by atomic mass is 32.1. The zero-order chi connectivity index (χ0) is 14.7. The number of thiol groups is 1. The summed E-state index contributed by atoms with van der Waals surface area (Å²) in [6, 6.07) is 11.7. The Hall–Kier alpha value is -1.65. The van der Waals surface area contributed by atoms with Crippen molar-refractivity contribution in [2.45, 2.75) is 25.3 Å². The summed E-state index contributed by atoms with van der Waals surface area (Å²) >= 11 is 4.30. The highest BCUT2D eigenvalue weighted by Gasteiger charge is 2.10. The predicted octanol–water partition coefficient (Wildman–Crippen LogP) is 4.00. The number of benzene rings is 2. The van der Waals surface area contributed by atoms with Crippen molar-refractivity contribution >= 4 is 18.3 Å². The number of anilines is 1. The number of nitrogens with zero attached hydrogens (tertiary/aromatic N) is 1. The molecule has 0 aliphatic carbocycles. The lowest BCUT2D eigenvalue weighted by Crippen LogP contribution is -2.15. The Morgan fingerprint density at radius 3 is 2.55 bits per heavy atom. The molecule has 0 atom stereocenters. The molecule has 0 bridgehead atoms. The summed E-state index contributed by atoms with van der Waals surface area (Å²) in [5, 5.41) is 10.9. The smallest absolute Gasteiger partial charge is 0.122 e. The number of rotatable bonds is 4. The van der Waals surface area contributed by atoms with Crippen LogP contribution in [0, 0.1) is 13.8 Å². The highest BCUT2D eigenvalue weighted by Crippen LogP contribution is 2.26. The van der Waals surface area contributed by atoms with Gasteiger partial charge in [0.25, 0.3) is 0 Å². The third-order valence-corrected chi connectivity index (χ3v) is 3.46. The summed E-state index contributed by atoms with van der Waals surface area (Å²) in [6.45, 7) is 4.37. The van der Waals surface area contributed by atoms with E-state index in [-0.39, 0.29) is 0 Å². The Bertz CT molecular complexity index is 611. The monoisotopic (exact) mass is 289 g/mol. The molecule has 2 aromatic rings. The molecule has 0 spiro atoms. The summed E-state index contributed by atoms with van der Waals surface area (Å²) in [7, 11) is 1.62. The van der Waals surface area contributed by atoms with Crippen LogP contribution in [-0.2, 0) is 6.61 Å². The van der Waals surface area contributed by atoms with Gasteiger partial charge in [-0.2, -0.15) is 0 Å². The molecule has 2 rings (SSSR count). The fourth-order valence-corrected chi connectivity index (χ4v) is 2.52. The van der Waals surface area contributed by atoms with Crippen LogP contribution in [0.15, 0.2) is 41.3 Å². The lowest BCUT2D eigenvalue weighted by atomic mass is 10.1. The maximum absolute atomic E-state index is 9.74. The quantitative estimate of drug-likeness (QED) is 0.659. The van der Waals surface area contributed by atoms with Crippen LogP contribution in [0.1, 0.15) is 16.7 Å². The summed E-state index contributed by atoms with van der Waals surface area (Å²) in [5.74, 6) is 0.829. The molecule has 106 valence electrons. The molecule has 0 saturated carbocycles. The summed E-state index contributed by atoms with van der Waals surface area (Å²) in [6.07, 6.45) is 0. The molecule has 0 aromatic heterocycles. The summed E-state index contributed by atoms with van der Waals surface area (Å²) < 4.78 is 5.85. The minimum absolute atomic E-state index is 0.411.